The fourth-order valence-electron chi connectivity index (χ4n) is 4.13. The van der Waals surface area contributed by atoms with Gasteiger partial charge in [0.1, 0.15) is 12.6 Å². The lowest BCUT2D eigenvalue weighted by molar-refractivity contribution is -0.141. The molecule has 41 heavy (non-hydrogen) atoms. The molecule has 1 atom stereocenters. The first-order valence-corrected chi connectivity index (χ1v) is 15.7. The van der Waals surface area contributed by atoms with Gasteiger partial charge in [-0.15, -0.1) is 0 Å². The number of benzene rings is 3. The Morgan fingerprint density at radius 1 is 0.878 bits per heavy atom. The zero-order chi connectivity index (χ0) is 30.5. The molecule has 0 radical (unpaired) electrons. The molecule has 0 saturated carbocycles. The number of amides is 2. The maximum absolute atomic E-state index is 14.1. The van der Waals surface area contributed by atoms with Gasteiger partial charge < -0.3 is 10.2 Å². The molecule has 7 nitrogen and oxygen atoms in total. The average molecular weight is 659 g/mol. The van der Waals surface area contributed by atoms with E-state index < -0.39 is 34.1 Å². The molecule has 0 saturated heterocycles. The van der Waals surface area contributed by atoms with E-state index in [1.807, 2.05) is 20.8 Å². The fraction of sp³-hybridized carbons (Fsp3) is 0.310. The Labute approximate surface area is 261 Å². The molecule has 0 heterocycles. The van der Waals surface area contributed by atoms with Crippen LogP contribution in [0.5, 0.6) is 0 Å². The van der Waals surface area contributed by atoms with Crippen LogP contribution < -0.4 is 9.62 Å². The van der Waals surface area contributed by atoms with Crippen LogP contribution in [-0.4, -0.2) is 43.3 Å². The van der Waals surface area contributed by atoms with Gasteiger partial charge in [-0.2, -0.15) is 0 Å². The number of nitrogens with zero attached hydrogens (tertiary/aromatic N) is 2. The van der Waals surface area contributed by atoms with E-state index in [1.54, 1.807) is 49.4 Å². The lowest BCUT2D eigenvalue weighted by Crippen LogP contribution is -2.55. The molecule has 0 aliphatic rings. The third-order valence-corrected chi connectivity index (χ3v) is 9.35. The topological polar surface area (TPSA) is 86.8 Å². The molecular formula is C29H31Cl4N3O4S. The highest BCUT2D eigenvalue weighted by Gasteiger charge is 2.35. The zero-order valence-corrected chi connectivity index (χ0v) is 26.8. The van der Waals surface area contributed by atoms with E-state index in [0.717, 1.165) is 4.31 Å². The average Bonchev–Trinajstić information content (AvgIpc) is 2.90. The number of hydrogen-bond donors (Lipinski definition) is 1. The maximum Gasteiger partial charge on any atom is 0.264 e. The Bertz CT molecular complexity index is 1510. The van der Waals surface area contributed by atoms with Crippen LogP contribution in [0, 0.1) is 0 Å². The lowest BCUT2D eigenvalue weighted by Gasteiger charge is -2.35. The Balaban J connectivity index is 2.12. The molecule has 0 fully saturated rings. The number of anilines is 1. The zero-order valence-electron chi connectivity index (χ0n) is 23.0. The van der Waals surface area contributed by atoms with Crippen LogP contribution in [0.15, 0.2) is 71.6 Å². The number of hydrogen-bond acceptors (Lipinski definition) is 4. The second-order valence-electron chi connectivity index (χ2n) is 10.3. The molecule has 220 valence electrons. The first kappa shape index (κ1) is 33.0. The summed E-state index contributed by atoms with van der Waals surface area (Å²) in [5, 5.41) is 3.62. The van der Waals surface area contributed by atoms with Crippen LogP contribution in [0.25, 0.3) is 0 Å². The van der Waals surface area contributed by atoms with E-state index in [0.29, 0.717) is 10.6 Å². The van der Waals surface area contributed by atoms with Gasteiger partial charge in [-0.3, -0.25) is 13.9 Å². The largest absolute Gasteiger partial charge is 0.350 e. The third kappa shape index (κ3) is 8.30. The van der Waals surface area contributed by atoms with Crippen molar-refractivity contribution in [2.75, 3.05) is 10.8 Å². The number of halogens is 4. The number of carbonyl (C=O) groups is 2. The van der Waals surface area contributed by atoms with E-state index in [2.05, 4.69) is 5.32 Å². The van der Waals surface area contributed by atoms with Gasteiger partial charge in [0, 0.05) is 12.1 Å². The molecule has 0 bridgehead atoms. The Morgan fingerprint density at radius 3 is 2.12 bits per heavy atom. The Kier molecular flexibility index (Phi) is 11.0. The van der Waals surface area contributed by atoms with E-state index in [-0.39, 0.29) is 44.5 Å². The van der Waals surface area contributed by atoms with Crippen molar-refractivity contribution in [2.24, 2.45) is 0 Å². The molecule has 3 aromatic carbocycles. The third-order valence-electron chi connectivity index (χ3n) is 6.03. The smallest absolute Gasteiger partial charge is 0.264 e. The van der Waals surface area contributed by atoms with Crippen LogP contribution in [0.4, 0.5) is 5.69 Å². The lowest BCUT2D eigenvalue weighted by atomic mass is 10.1. The van der Waals surface area contributed by atoms with E-state index in [1.165, 1.54) is 29.2 Å². The summed E-state index contributed by atoms with van der Waals surface area (Å²) in [7, 11) is -4.28. The molecule has 0 spiro atoms. The molecule has 2 amide bonds. The molecule has 3 aromatic rings. The SMILES string of the molecule is CC[C@@H](C(=O)NC(C)(C)C)N(Cc1ccc(Cl)c(Cl)c1)C(=O)CN(c1cccc(Cl)c1Cl)S(=O)(=O)c1ccccc1. The first-order valence-electron chi connectivity index (χ1n) is 12.7. The molecule has 0 aliphatic heterocycles. The molecule has 1 N–H and O–H groups in total. The minimum Gasteiger partial charge on any atom is -0.350 e. The van der Waals surface area contributed by atoms with Crippen LogP contribution in [0.3, 0.4) is 0 Å². The van der Waals surface area contributed by atoms with Crippen molar-refractivity contribution >= 4 is 73.9 Å². The second-order valence-corrected chi connectivity index (χ2v) is 13.8. The summed E-state index contributed by atoms with van der Waals surface area (Å²) in [6.45, 7) is 6.58. The van der Waals surface area contributed by atoms with Gasteiger partial charge in [-0.1, -0.05) is 83.7 Å². The maximum atomic E-state index is 14.1. The van der Waals surface area contributed by atoms with Crippen molar-refractivity contribution < 1.29 is 18.0 Å². The normalized spacial score (nSPS) is 12.5. The minimum absolute atomic E-state index is 0.0260. The standard InChI is InChI=1S/C29H31Cl4N3O4S/c1-5-24(28(38)34-29(2,3)4)35(17-19-14-15-21(30)23(32)16-19)26(37)18-36(25-13-9-12-22(31)27(25)33)41(39,40)20-10-7-6-8-11-20/h6-16,24H,5,17-18H2,1-4H3,(H,34,38)/t24-/m0/s1. The molecule has 0 aliphatic carbocycles. The van der Waals surface area contributed by atoms with Gasteiger partial charge in [0.15, 0.2) is 0 Å². The van der Waals surface area contributed by atoms with Crippen molar-refractivity contribution in [2.45, 2.75) is 57.1 Å². The molecule has 0 unspecified atom stereocenters. The summed E-state index contributed by atoms with van der Waals surface area (Å²) in [4.78, 5) is 28.8. The van der Waals surface area contributed by atoms with Crippen molar-refractivity contribution in [3.63, 3.8) is 0 Å². The van der Waals surface area contributed by atoms with Crippen LogP contribution >= 0.6 is 46.4 Å². The van der Waals surface area contributed by atoms with Crippen LogP contribution in [0.2, 0.25) is 20.1 Å². The Hall–Kier alpha value is -2.49. The fourth-order valence-corrected chi connectivity index (χ4v) is 6.34. The highest BCUT2D eigenvalue weighted by Crippen LogP contribution is 2.35. The number of sulfonamides is 1. The predicted molar refractivity (Wildman–Crippen MR) is 166 cm³/mol. The van der Waals surface area contributed by atoms with Crippen molar-refractivity contribution in [3.05, 3.63) is 92.4 Å². The monoisotopic (exact) mass is 657 g/mol. The summed E-state index contributed by atoms with van der Waals surface area (Å²) in [5.74, 6) is -1.02. The summed E-state index contributed by atoms with van der Waals surface area (Å²) in [6.07, 6.45) is 0.262. The van der Waals surface area contributed by atoms with Crippen LogP contribution in [-0.2, 0) is 26.2 Å². The van der Waals surface area contributed by atoms with Gasteiger partial charge >= 0.3 is 0 Å². The summed E-state index contributed by atoms with van der Waals surface area (Å²) < 4.78 is 28.7. The van der Waals surface area contributed by atoms with E-state index in [9.17, 15) is 18.0 Å². The minimum atomic E-state index is -4.28. The predicted octanol–water partition coefficient (Wildman–Crippen LogP) is 7.22. The first-order chi connectivity index (χ1) is 19.2. The van der Waals surface area contributed by atoms with Gasteiger partial charge in [-0.25, -0.2) is 8.42 Å². The van der Waals surface area contributed by atoms with Crippen molar-refractivity contribution in [3.8, 4) is 0 Å². The van der Waals surface area contributed by atoms with Gasteiger partial charge in [0.05, 0.1) is 30.7 Å². The van der Waals surface area contributed by atoms with Gasteiger partial charge in [-0.05, 0) is 69.2 Å². The molecule has 3 rings (SSSR count). The van der Waals surface area contributed by atoms with Crippen molar-refractivity contribution in [1.82, 2.24) is 10.2 Å². The molecular weight excluding hydrogens is 628 g/mol. The summed E-state index contributed by atoms with van der Waals surface area (Å²) in [5.41, 5.74) is 0.0610. The summed E-state index contributed by atoms with van der Waals surface area (Å²) in [6, 6.07) is 16.2. The number of rotatable bonds is 10. The molecule has 0 aromatic heterocycles. The highest BCUT2D eigenvalue weighted by atomic mass is 35.5. The van der Waals surface area contributed by atoms with Gasteiger partial charge in [0.2, 0.25) is 11.8 Å². The van der Waals surface area contributed by atoms with Crippen molar-refractivity contribution in [1.29, 1.82) is 0 Å². The van der Waals surface area contributed by atoms with E-state index >= 15 is 0 Å². The van der Waals surface area contributed by atoms with Crippen LogP contribution in [0.1, 0.15) is 39.7 Å². The Morgan fingerprint density at radius 2 is 1.54 bits per heavy atom. The molecule has 12 heteroatoms. The van der Waals surface area contributed by atoms with E-state index in [4.69, 9.17) is 46.4 Å². The highest BCUT2D eigenvalue weighted by molar-refractivity contribution is 7.92. The number of carbonyl (C=O) groups excluding carboxylic acids is 2. The second kappa shape index (κ2) is 13.7. The summed E-state index contributed by atoms with van der Waals surface area (Å²) >= 11 is 25.0. The number of nitrogens with one attached hydrogen (secondary N) is 1. The van der Waals surface area contributed by atoms with Gasteiger partial charge in [0.25, 0.3) is 10.0 Å². The quantitative estimate of drug-likeness (QED) is 0.249.